The average Bonchev–Trinajstić information content (AvgIpc) is 2.52. The first kappa shape index (κ1) is 14.3. The molecule has 0 saturated carbocycles. The number of hydrogen-bond donors (Lipinski definition) is 1. The highest BCUT2D eigenvalue weighted by molar-refractivity contribution is 5.14. The summed E-state index contributed by atoms with van der Waals surface area (Å²) < 4.78 is 6.11. The van der Waals surface area contributed by atoms with Crippen LogP contribution in [0.3, 0.4) is 0 Å². The molecule has 19 heavy (non-hydrogen) atoms. The average molecular weight is 260 g/mol. The maximum atomic E-state index is 10.1. The fourth-order valence-corrected chi connectivity index (χ4v) is 2.70. The van der Waals surface area contributed by atoms with Crippen LogP contribution in [0.25, 0.3) is 0 Å². The van der Waals surface area contributed by atoms with E-state index in [1.807, 2.05) is 18.2 Å². The summed E-state index contributed by atoms with van der Waals surface area (Å²) in [6.07, 6.45) is 2.66. The molecule has 0 radical (unpaired) electrons. The Morgan fingerprint density at radius 2 is 1.89 bits per heavy atom. The van der Waals surface area contributed by atoms with Gasteiger partial charge in [-0.3, -0.25) is 0 Å². The fourth-order valence-electron chi connectivity index (χ4n) is 2.70. The Bertz CT molecular complexity index is 424. The SMILES string of the molecule is CC1=CC[C@H](O)[C@@H](C)[C@@H](OCc2ccccc2)[C@H]1C. The zero-order chi connectivity index (χ0) is 13.8. The topological polar surface area (TPSA) is 29.5 Å². The summed E-state index contributed by atoms with van der Waals surface area (Å²) in [6.45, 7) is 7.02. The van der Waals surface area contributed by atoms with E-state index in [1.165, 1.54) is 11.1 Å². The van der Waals surface area contributed by atoms with E-state index in [0.29, 0.717) is 12.5 Å². The van der Waals surface area contributed by atoms with E-state index < -0.39 is 0 Å². The lowest BCUT2D eigenvalue weighted by Crippen LogP contribution is -2.34. The standard InChI is InChI=1S/C17H24O2/c1-12-9-10-16(18)14(3)17(13(12)2)19-11-15-7-5-4-6-8-15/h4-9,13-14,16-18H,10-11H2,1-3H3/t13-,14+,16-,17-/m0/s1. The normalized spacial score (nSPS) is 31.7. The third-order valence-electron chi connectivity index (χ3n) is 4.30. The summed E-state index contributed by atoms with van der Waals surface area (Å²) in [4.78, 5) is 0. The molecule has 0 aliphatic heterocycles. The van der Waals surface area contributed by atoms with Crippen molar-refractivity contribution >= 4 is 0 Å². The zero-order valence-electron chi connectivity index (χ0n) is 12.0. The van der Waals surface area contributed by atoms with Crippen LogP contribution in [0.5, 0.6) is 0 Å². The molecule has 2 nitrogen and oxygen atoms in total. The van der Waals surface area contributed by atoms with E-state index in [0.717, 1.165) is 6.42 Å². The van der Waals surface area contributed by atoms with Crippen LogP contribution >= 0.6 is 0 Å². The molecule has 104 valence electrons. The van der Waals surface area contributed by atoms with E-state index >= 15 is 0 Å². The number of benzene rings is 1. The third kappa shape index (κ3) is 3.46. The maximum Gasteiger partial charge on any atom is 0.0721 e. The van der Waals surface area contributed by atoms with Crippen molar-refractivity contribution in [3.05, 3.63) is 47.5 Å². The highest BCUT2D eigenvalue weighted by Crippen LogP contribution is 2.31. The van der Waals surface area contributed by atoms with Gasteiger partial charge in [0.2, 0.25) is 0 Å². The summed E-state index contributed by atoms with van der Waals surface area (Å²) in [5.74, 6) is 0.517. The lowest BCUT2D eigenvalue weighted by Gasteiger charge is -2.30. The van der Waals surface area contributed by atoms with E-state index in [-0.39, 0.29) is 18.1 Å². The minimum absolute atomic E-state index is 0.0777. The Labute approximate surface area is 116 Å². The fraction of sp³-hybridized carbons (Fsp3) is 0.529. The quantitative estimate of drug-likeness (QED) is 0.842. The molecule has 0 fully saturated rings. The molecule has 1 aliphatic carbocycles. The van der Waals surface area contributed by atoms with Crippen LogP contribution in [0.4, 0.5) is 0 Å². The Morgan fingerprint density at radius 3 is 2.58 bits per heavy atom. The molecule has 1 aromatic rings. The van der Waals surface area contributed by atoms with Crippen molar-refractivity contribution in [2.75, 3.05) is 0 Å². The molecule has 0 amide bonds. The van der Waals surface area contributed by atoms with Gasteiger partial charge in [0.1, 0.15) is 0 Å². The number of aliphatic hydroxyl groups excluding tert-OH is 1. The Balaban J connectivity index is 2.05. The molecule has 0 spiro atoms. The molecule has 2 heteroatoms. The molecule has 0 saturated heterocycles. The summed E-state index contributed by atoms with van der Waals surface area (Å²) in [5.41, 5.74) is 2.50. The van der Waals surface area contributed by atoms with Crippen molar-refractivity contribution in [2.45, 2.75) is 46.0 Å². The maximum absolute atomic E-state index is 10.1. The molecular weight excluding hydrogens is 236 g/mol. The lowest BCUT2D eigenvalue weighted by molar-refractivity contribution is -0.0532. The Kier molecular flexibility index (Phi) is 4.78. The van der Waals surface area contributed by atoms with E-state index in [9.17, 15) is 5.11 Å². The second kappa shape index (κ2) is 6.36. The van der Waals surface area contributed by atoms with Gasteiger partial charge in [0.05, 0.1) is 18.8 Å². The number of aliphatic hydroxyl groups is 1. The van der Waals surface area contributed by atoms with Gasteiger partial charge in [-0.05, 0) is 18.9 Å². The van der Waals surface area contributed by atoms with Crippen LogP contribution in [-0.2, 0) is 11.3 Å². The smallest absolute Gasteiger partial charge is 0.0721 e. The second-order valence-electron chi connectivity index (χ2n) is 5.66. The molecule has 0 bridgehead atoms. The molecule has 1 N–H and O–H groups in total. The van der Waals surface area contributed by atoms with E-state index in [4.69, 9.17) is 4.74 Å². The van der Waals surface area contributed by atoms with Crippen LogP contribution in [0.1, 0.15) is 32.8 Å². The van der Waals surface area contributed by atoms with Crippen LogP contribution in [0.15, 0.2) is 42.0 Å². The van der Waals surface area contributed by atoms with Crippen LogP contribution in [0.2, 0.25) is 0 Å². The van der Waals surface area contributed by atoms with Crippen LogP contribution < -0.4 is 0 Å². The zero-order valence-corrected chi connectivity index (χ0v) is 12.0. The highest BCUT2D eigenvalue weighted by atomic mass is 16.5. The minimum Gasteiger partial charge on any atom is -0.392 e. The molecule has 0 aromatic heterocycles. The van der Waals surface area contributed by atoms with Crippen molar-refractivity contribution in [1.82, 2.24) is 0 Å². The summed E-state index contributed by atoms with van der Waals surface area (Å²) >= 11 is 0. The first-order valence-corrected chi connectivity index (χ1v) is 7.10. The van der Waals surface area contributed by atoms with Crippen molar-refractivity contribution in [2.24, 2.45) is 11.8 Å². The third-order valence-corrected chi connectivity index (χ3v) is 4.30. The summed E-state index contributed by atoms with van der Waals surface area (Å²) in [6, 6.07) is 10.2. The molecule has 1 aliphatic rings. The molecule has 0 unspecified atom stereocenters. The van der Waals surface area contributed by atoms with Gasteiger partial charge in [0.15, 0.2) is 0 Å². The number of ether oxygens (including phenoxy) is 1. The number of rotatable bonds is 3. The van der Waals surface area contributed by atoms with Gasteiger partial charge in [0.25, 0.3) is 0 Å². The van der Waals surface area contributed by atoms with Crippen molar-refractivity contribution in [3.63, 3.8) is 0 Å². The lowest BCUT2D eigenvalue weighted by atomic mass is 9.88. The van der Waals surface area contributed by atoms with Crippen molar-refractivity contribution < 1.29 is 9.84 Å². The monoisotopic (exact) mass is 260 g/mol. The van der Waals surface area contributed by atoms with Crippen molar-refractivity contribution in [1.29, 1.82) is 0 Å². The highest BCUT2D eigenvalue weighted by Gasteiger charge is 2.32. The van der Waals surface area contributed by atoms with Gasteiger partial charge in [-0.1, -0.05) is 55.8 Å². The van der Waals surface area contributed by atoms with Gasteiger partial charge in [-0.15, -0.1) is 0 Å². The largest absolute Gasteiger partial charge is 0.392 e. The van der Waals surface area contributed by atoms with Gasteiger partial charge in [-0.25, -0.2) is 0 Å². The molecule has 4 atom stereocenters. The van der Waals surface area contributed by atoms with Crippen LogP contribution in [0, 0.1) is 11.8 Å². The molecule has 2 rings (SSSR count). The summed E-state index contributed by atoms with van der Waals surface area (Å²) in [5, 5.41) is 10.1. The predicted molar refractivity (Wildman–Crippen MR) is 77.7 cm³/mol. The Morgan fingerprint density at radius 1 is 1.21 bits per heavy atom. The predicted octanol–water partition coefficient (Wildman–Crippen LogP) is 3.55. The second-order valence-corrected chi connectivity index (χ2v) is 5.66. The van der Waals surface area contributed by atoms with Gasteiger partial charge >= 0.3 is 0 Å². The molecule has 0 heterocycles. The van der Waals surface area contributed by atoms with Crippen LogP contribution in [-0.4, -0.2) is 17.3 Å². The van der Waals surface area contributed by atoms with E-state index in [2.05, 4.69) is 39.0 Å². The summed E-state index contributed by atoms with van der Waals surface area (Å²) in [7, 11) is 0. The Hall–Kier alpha value is -1.12. The molecule has 1 aromatic carbocycles. The van der Waals surface area contributed by atoms with E-state index in [1.54, 1.807) is 0 Å². The molecular formula is C17H24O2. The van der Waals surface area contributed by atoms with Gasteiger partial charge in [-0.2, -0.15) is 0 Å². The minimum atomic E-state index is -0.305. The van der Waals surface area contributed by atoms with Crippen molar-refractivity contribution in [3.8, 4) is 0 Å². The first-order chi connectivity index (χ1) is 9.09. The first-order valence-electron chi connectivity index (χ1n) is 7.10. The van der Waals surface area contributed by atoms with Gasteiger partial charge in [0, 0.05) is 11.8 Å². The number of hydrogen-bond acceptors (Lipinski definition) is 2. The van der Waals surface area contributed by atoms with Gasteiger partial charge < -0.3 is 9.84 Å².